The molecule has 0 aromatic carbocycles. The van der Waals surface area contributed by atoms with E-state index in [0.717, 1.165) is 6.61 Å². The maximum Gasteiger partial charge on any atom is 0.106 e. The monoisotopic (exact) mass is 161 g/mol. The van der Waals surface area contributed by atoms with E-state index in [4.69, 9.17) is 4.84 Å². The molecule has 3 heteroatoms. The molecular formula is C8H24BNO. The van der Waals surface area contributed by atoms with E-state index in [1.165, 1.54) is 19.3 Å². The molecule has 0 unspecified atom stereocenters. The normalized spacial score (nSPS) is 10.9. The summed E-state index contributed by atoms with van der Waals surface area (Å²) in [5.41, 5.74) is 0. The third-order valence-electron chi connectivity index (χ3n) is 1.23. The highest BCUT2D eigenvalue weighted by atomic mass is 16.7. The van der Waals surface area contributed by atoms with Crippen LogP contribution in [0, 0.1) is 0 Å². The molecule has 0 N–H and O–H groups in total. The first kappa shape index (κ1) is 13.6. The zero-order chi connectivity index (χ0) is 8.04. The molecule has 0 aliphatic rings. The lowest BCUT2D eigenvalue weighted by Crippen LogP contribution is -2.34. The van der Waals surface area contributed by atoms with Crippen molar-refractivity contribution >= 4 is 8.41 Å². The van der Waals surface area contributed by atoms with E-state index in [-0.39, 0.29) is 8.41 Å². The highest BCUT2D eigenvalue weighted by Crippen LogP contribution is 1.98. The van der Waals surface area contributed by atoms with Crippen LogP contribution in [-0.2, 0) is 4.84 Å². The van der Waals surface area contributed by atoms with E-state index >= 15 is 0 Å². The van der Waals surface area contributed by atoms with Gasteiger partial charge >= 0.3 is 0 Å². The number of quaternary nitrogens is 1. The predicted octanol–water partition coefficient (Wildman–Crippen LogP) is 0.363. The predicted molar refractivity (Wildman–Crippen MR) is 54.8 cm³/mol. The van der Waals surface area contributed by atoms with Gasteiger partial charge in [0, 0.05) is 0 Å². The lowest BCUT2D eigenvalue weighted by Gasteiger charge is -2.20. The molecule has 0 spiro atoms. The molecule has 0 aliphatic heterocycles. The van der Waals surface area contributed by atoms with Crippen LogP contribution in [0.4, 0.5) is 0 Å². The topological polar surface area (TPSA) is 9.23 Å². The first-order valence-corrected chi connectivity index (χ1v) is 4.02. The van der Waals surface area contributed by atoms with Crippen molar-refractivity contribution in [3.8, 4) is 0 Å². The Bertz CT molecular complexity index is 80.7. The Labute approximate surface area is 72.7 Å². The van der Waals surface area contributed by atoms with Crippen molar-refractivity contribution in [2.24, 2.45) is 0 Å². The van der Waals surface area contributed by atoms with Crippen LogP contribution in [0.25, 0.3) is 0 Å². The Morgan fingerprint density at radius 1 is 1.09 bits per heavy atom. The first-order chi connectivity index (χ1) is 4.56. The van der Waals surface area contributed by atoms with Crippen molar-refractivity contribution in [2.45, 2.75) is 26.2 Å². The van der Waals surface area contributed by atoms with Crippen molar-refractivity contribution in [3.05, 3.63) is 0 Å². The molecule has 0 aliphatic carbocycles. The van der Waals surface area contributed by atoms with Crippen molar-refractivity contribution in [2.75, 3.05) is 27.7 Å². The molecule has 70 valence electrons. The summed E-state index contributed by atoms with van der Waals surface area (Å²) in [6.07, 6.45) is 3.73. The number of unbranched alkanes of at least 4 members (excludes halogenated alkanes) is 2. The van der Waals surface area contributed by atoms with Crippen LogP contribution in [0.5, 0.6) is 0 Å². The van der Waals surface area contributed by atoms with Gasteiger partial charge < -0.3 is 0 Å². The van der Waals surface area contributed by atoms with E-state index in [1.807, 2.05) is 21.1 Å². The highest BCUT2D eigenvalue weighted by molar-refractivity contribution is 5.75. The third kappa shape index (κ3) is 13.0. The molecule has 0 bridgehead atoms. The fourth-order valence-corrected chi connectivity index (χ4v) is 0.690. The SMILES string of the molecule is CCCCCO[N+](C)(C)C.[BH4-]. The van der Waals surface area contributed by atoms with Gasteiger partial charge in [0.15, 0.2) is 0 Å². The molecule has 0 radical (unpaired) electrons. The van der Waals surface area contributed by atoms with E-state index < -0.39 is 0 Å². The van der Waals surface area contributed by atoms with Gasteiger partial charge in [0.2, 0.25) is 0 Å². The van der Waals surface area contributed by atoms with Gasteiger partial charge in [0.05, 0.1) is 21.1 Å². The van der Waals surface area contributed by atoms with Gasteiger partial charge in [-0.1, -0.05) is 28.2 Å². The lowest BCUT2D eigenvalue weighted by atomic mass is 10.3. The fourth-order valence-electron chi connectivity index (χ4n) is 0.690. The quantitative estimate of drug-likeness (QED) is 0.245. The standard InChI is InChI=1S/C8H20NO.BH4/c1-5-6-7-8-10-9(2,3)4;/h5-8H2,1-4H3;1H4/q+1;-1. The number of hydroxylamine groups is 3. The van der Waals surface area contributed by atoms with E-state index in [2.05, 4.69) is 6.92 Å². The Kier molecular flexibility index (Phi) is 8.24. The second-order valence-electron chi connectivity index (χ2n) is 3.43. The largest absolute Gasteiger partial charge is 0.204 e. The molecule has 0 amide bonds. The van der Waals surface area contributed by atoms with Gasteiger partial charge in [-0.25, -0.2) is 4.84 Å². The first-order valence-electron chi connectivity index (χ1n) is 4.02. The summed E-state index contributed by atoms with van der Waals surface area (Å²) in [5.74, 6) is 0. The molecular weight excluding hydrogens is 137 g/mol. The lowest BCUT2D eigenvalue weighted by molar-refractivity contribution is -1.06. The summed E-state index contributed by atoms with van der Waals surface area (Å²) in [5, 5.41) is 0. The summed E-state index contributed by atoms with van der Waals surface area (Å²) in [4.78, 5) is 5.47. The molecule has 0 saturated carbocycles. The summed E-state index contributed by atoms with van der Waals surface area (Å²) in [6, 6.07) is 0. The summed E-state index contributed by atoms with van der Waals surface area (Å²) >= 11 is 0. The average molecular weight is 161 g/mol. The zero-order valence-corrected chi connectivity index (χ0v) is 7.68. The zero-order valence-electron chi connectivity index (χ0n) is 7.68. The second kappa shape index (κ2) is 6.68. The summed E-state index contributed by atoms with van der Waals surface area (Å²) in [7, 11) is 6.10. The molecule has 0 aromatic rings. The number of rotatable bonds is 5. The molecule has 0 heterocycles. The summed E-state index contributed by atoms with van der Waals surface area (Å²) in [6.45, 7) is 3.09. The van der Waals surface area contributed by atoms with Crippen molar-refractivity contribution in [3.63, 3.8) is 0 Å². The molecule has 0 fully saturated rings. The van der Waals surface area contributed by atoms with Crippen molar-refractivity contribution in [1.29, 1.82) is 0 Å². The maximum absolute atomic E-state index is 5.47. The van der Waals surface area contributed by atoms with Gasteiger partial charge in [-0.3, -0.25) is 0 Å². The van der Waals surface area contributed by atoms with Gasteiger partial charge in [-0.15, -0.1) is 0 Å². The number of hydrogen-bond acceptors (Lipinski definition) is 1. The van der Waals surface area contributed by atoms with Crippen molar-refractivity contribution in [1.82, 2.24) is 0 Å². The third-order valence-corrected chi connectivity index (χ3v) is 1.23. The minimum absolute atomic E-state index is 0. The fraction of sp³-hybridized carbons (Fsp3) is 1.00. The highest BCUT2D eigenvalue weighted by Gasteiger charge is 2.05. The minimum atomic E-state index is 0. The number of hydrogen-bond donors (Lipinski definition) is 0. The second-order valence-corrected chi connectivity index (χ2v) is 3.43. The van der Waals surface area contributed by atoms with Gasteiger partial charge in [-0.2, -0.15) is 4.65 Å². The van der Waals surface area contributed by atoms with Crippen LogP contribution in [-0.4, -0.2) is 40.8 Å². The van der Waals surface area contributed by atoms with Crippen LogP contribution >= 0.6 is 0 Å². The molecule has 0 saturated heterocycles. The van der Waals surface area contributed by atoms with Gasteiger partial charge in [0.25, 0.3) is 0 Å². The smallest absolute Gasteiger partial charge is 0.106 e. The molecule has 11 heavy (non-hydrogen) atoms. The minimum Gasteiger partial charge on any atom is -0.204 e. The Hall–Kier alpha value is -0.0151. The van der Waals surface area contributed by atoms with Gasteiger partial charge in [-0.05, 0) is 6.42 Å². The molecule has 2 nitrogen and oxygen atoms in total. The average Bonchev–Trinajstić information content (AvgIpc) is 1.78. The Balaban J connectivity index is 0. The van der Waals surface area contributed by atoms with E-state index in [9.17, 15) is 0 Å². The summed E-state index contributed by atoms with van der Waals surface area (Å²) < 4.78 is 0.615. The Morgan fingerprint density at radius 2 is 1.64 bits per heavy atom. The van der Waals surface area contributed by atoms with E-state index in [1.54, 1.807) is 0 Å². The van der Waals surface area contributed by atoms with Crippen LogP contribution < -0.4 is 0 Å². The van der Waals surface area contributed by atoms with E-state index in [0.29, 0.717) is 4.65 Å². The van der Waals surface area contributed by atoms with Crippen LogP contribution in [0.15, 0.2) is 0 Å². The Morgan fingerprint density at radius 3 is 2.00 bits per heavy atom. The molecule has 0 aromatic heterocycles. The maximum atomic E-state index is 5.47. The number of nitrogens with zero attached hydrogens (tertiary/aromatic N) is 1. The van der Waals surface area contributed by atoms with Crippen molar-refractivity contribution < 1.29 is 9.48 Å². The molecule has 0 rings (SSSR count). The van der Waals surface area contributed by atoms with Crippen LogP contribution in [0.2, 0.25) is 0 Å². The van der Waals surface area contributed by atoms with Crippen LogP contribution in [0.3, 0.4) is 0 Å². The van der Waals surface area contributed by atoms with Gasteiger partial charge in [0.1, 0.15) is 6.61 Å². The molecule has 0 atom stereocenters. The van der Waals surface area contributed by atoms with Crippen LogP contribution in [0.1, 0.15) is 26.2 Å².